The first kappa shape index (κ1) is 29.6. The van der Waals surface area contributed by atoms with Crippen LogP contribution in [0.15, 0.2) is 0 Å². The van der Waals surface area contributed by atoms with Gasteiger partial charge in [-0.2, -0.15) is 6.42 Å². The molecule has 3 nitrogen and oxygen atoms in total. The minimum absolute atomic E-state index is 0. The van der Waals surface area contributed by atoms with Crippen LogP contribution in [0.1, 0.15) is 6.42 Å². The van der Waals surface area contributed by atoms with Gasteiger partial charge in [0.1, 0.15) is 0 Å². The normalized spacial score (nSPS) is 4.36. The van der Waals surface area contributed by atoms with Crippen LogP contribution < -0.4 is 0 Å². The van der Waals surface area contributed by atoms with Crippen molar-refractivity contribution in [3.8, 4) is 0 Å². The van der Waals surface area contributed by atoms with Gasteiger partial charge in [-0.1, -0.05) is 15.9 Å². The standard InChI is InChI=1S/C3H6Br.3CH4O.Ti/c1-2-3-4;3*1-2;/h1-3H2;3*2H,1H3;/q-1;;;;. The molecule has 0 rings (SSSR count). The second-order valence-electron chi connectivity index (χ2n) is 0.543. The molecule has 0 bridgehead atoms. The maximum absolute atomic E-state index is 7.00. The van der Waals surface area contributed by atoms with Crippen molar-refractivity contribution >= 4 is 15.9 Å². The zero-order chi connectivity index (χ0) is 9.41. The number of halogens is 1. The minimum atomic E-state index is 0. The van der Waals surface area contributed by atoms with E-state index >= 15 is 0 Å². The molecule has 0 radical (unpaired) electrons. The molecule has 0 aliphatic heterocycles. The molecule has 0 atom stereocenters. The van der Waals surface area contributed by atoms with Crippen LogP contribution in [0.5, 0.6) is 0 Å². The number of rotatable bonds is 1. The fraction of sp³-hybridized carbons (Fsp3) is 0.833. The maximum atomic E-state index is 7.00. The van der Waals surface area contributed by atoms with E-state index in [1.54, 1.807) is 0 Å². The Morgan fingerprint density at radius 1 is 1.00 bits per heavy atom. The maximum Gasteiger partial charge on any atom is 0.0319 e. The summed E-state index contributed by atoms with van der Waals surface area (Å²) in [5, 5.41) is 22.0. The van der Waals surface area contributed by atoms with Gasteiger partial charge in [-0.25, -0.2) is 0 Å². The van der Waals surface area contributed by atoms with Crippen LogP contribution in [0.3, 0.4) is 0 Å². The molecule has 0 aromatic heterocycles. The number of hydrogen-bond donors (Lipinski definition) is 3. The van der Waals surface area contributed by atoms with Crippen LogP contribution in [0.25, 0.3) is 0 Å². The summed E-state index contributed by atoms with van der Waals surface area (Å²) < 4.78 is 0. The van der Waals surface area contributed by atoms with Gasteiger partial charge < -0.3 is 22.2 Å². The molecule has 3 N–H and O–H groups in total. The van der Waals surface area contributed by atoms with E-state index in [0.29, 0.717) is 0 Å². The molecule has 0 aliphatic rings. The van der Waals surface area contributed by atoms with E-state index < -0.39 is 0 Å². The molecular weight excluding hydrogens is 248 g/mol. The van der Waals surface area contributed by atoms with E-state index in [1.807, 2.05) is 0 Å². The topological polar surface area (TPSA) is 60.7 Å². The quantitative estimate of drug-likeness (QED) is 0.366. The fourth-order valence-corrected chi connectivity index (χ4v) is 0. The molecule has 0 aromatic rings. The zero-order valence-corrected chi connectivity index (χ0v) is 10.5. The van der Waals surface area contributed by atoms with E-state index in [4.69, 9.17) is 15.3 Å². The average molecular weight is 266 g/mol. The predicted molar refractivity (Wildman–Crippen MR) is 48.2 cm³/mol. The van der Waals surface area contributed by atoms with Gasteiger partial charge in [0.15, 0.2) is 0 Å². The molecular formula is C6H18BrO3Ti-. The summed E-state index contributed by atoms with van der Waals surface area (Å²) in [5.41, 5.74) is 0. The van der Waals surface area contributed by atoms with Crippen molar-refractivity contribution in [2.24, 2.45) is 0 Å². The van der Waals surface area contributed by atoms with E-state index in [1.165, 1.54) is 0 Å². The Kier molecular flexibility index (Phi) is 320. The van der Waals surface area contributed by atoms with Gasteiger partial charge in [-0.3, -0.25) is 0 Å². The molecule has 0 aromatic carbocycles. The molecule has 0 aliphatic carbocycles. The van der Waals surface area contributed by atoms with Crippen molar-refractivity contribution in [2.45, 2.75) is 6.42 Å². The van der Waals surface area contributed by atoms with Crippen molar-refractivity contribution in [3.05, 3.63) is 6.92 Å². The summed E-state index contributed by atoms with van der Waals surface area (Å²) >= 11 is 3.19. The monoisotopic (exact) mass is 265 g/mol. The third-order valence-corrected chi connectivity index (χ3v) is 0.694. The summed E-state index contributed by atoms with van der Waals surface area (Å²) in [7, 11) is 3.00. The summed E-state index contributed by atoms with van der Waals surface area (Å²) in [4.78, 5) is 0. The van der Waals surface area contributed by atoms with E-state index in [9.17, 15) is 0 Å². The Morgan fingerprint density at radius 3 is 1.09 bits per heavy atom. The van der Waals surface area contributed by atoms with Crippen LogP contribution in [0, 0.1) is 6.92 Å². The van der Waals surface area contributed by atoms with Gasteiger partial charge in [0.25, 0.3) is 0 Å². The van der Waals surface area contributed by atoms with Crippen molar-refractivity contribution in [1.82, 2.24) is 0 Å². The Balaban J connectivity index is -0.0000000152. The third kappa shape index (κ3) is 212. The molecule has 0 spiro atoms. The van der Waals surface area contributed by atoms with Crippen molar-refractivity contribution in [2.75, 3.05) is 26.7 Å². The summed E-state index contributed by atoms with van der Waals surface area (Å²) in [5.74, 6) is 0. The Hall–Kier alpha value is 1.07. The van der Waals surface area contributed by atoms with Gasteiger partial charge in [0, 0.05) is 43.0 Å². The van der Waals surface area contributed by atoms with Crippen molar-refractivity contribution in [1.29, 1.82) is 0 Å². The molecule has 72 valence electrons. The Bertz CT molecular complexity index is 19.8. The molecule has 11 heavy (non-hydrogen) atoms. The van der Waals surface area contributed by atoms with E-state index in [2.05, 4.69) is 22.9 Å². The van der Waals surface area contributed by atoms with Crippen LogP contribution >= 0.6 is 15.9 Å². The Morgan fingerprint density at radius 2 is 1.09 bits per heavy atom. The first-order valence-corrected chi connectivity index (χ1v) is 3.73. The smallest absolute Gasteiger partial charge is 0.0319 e. The van der Waals surface area contributed by atoms with E-state index in [0.717, 1.165) is 33.1 Å². The van der Waals surface area contributed by atoms with Crippen molar-refractivity contribution in [3.63, 3.8) is 0 Å². The first-order chi connectivity index (χ1) is 4.91. The van der Waals surface area contributed by atoms with Gasteiger partial charge in [0.05, 0.1) is 0 Å². The van der Waals surface area contributed by atoms with Gasteiger partial charge in [-0.05, 0) is 5.33 Å². The van der Waals surface area contributed by atoms with Crippen molar-refractivity contribution < 1.29 is 37.0 Å². The van der Waals surface area contributed by atoms with E-state index in [-0.39, 0.29) is 21.7 Å². The van der Waals surface area contributed by atoms with Gasteiger partial charge in [0.2, 0.25) is 0 Å². The summed E-state index contributed by atoms with van der Waals surface area (Å²) in [6.07, 6.45) is 0.986. The minimum Gasteiger partial charge on any atom is -0.400 e. The molecule has 0 unspecified atom stereocenters. The molecule has 0 saturated carbocycles. The molecule has 0 heterocycles. The molecule has 0 fully saturated rings. The number of aliphatic hydroxyl groups is 3. The SMILES string of the molecule is CO.CO.CO.[CH2-]CCBr.[Ti]. The van der Waals surface area contributed by atoms with Gasteiger partial charge in [-0.15, -0.1) is 0 Å². The number of hydrogen-bond acceptors (Lipinski definition) is 3. The third-order valence-electron chi connectivity index (χ3n) is 0.134. The zero-order valence-electron chi connectivity index (χ0n) is 7.34. The van der Waals surface area contributed by atoms with Gasteiger partial charge >= 0.3 is 0 Å². The van der Waals surface area contributed by atoms with Crippen LogP contribution in [0.4, 0.5) is 0 Å². The average Bonchev–Trinajstić information content (AvgIpc) is 2.14. The second kappa shape index (κ2) is 119. The largest absolute Gasteiger partial charge is 0.400 e. The summed E-state index contributed by atoms with van der Waals surface area (Å²) in [6, 6.07) is 0. The number of alkyl halides is 1. The fourth-order valence-electron chi connectivity index (χ4n) is 0. The molecule has 0 saturated heterocycles. The second-order valence-corrected chi connectivity index (χ2v) is 1.34. The molecule has 0 amide bonds. The Labute approximate surface area is 92.8 Å². The number of aliphatic hydroxyl groups excluding tert-OH is 3. The van der Waals surface area contributed by atoms with Crippen LogP contribution in [-0.2, 0) is 21.7 Å². The molecule has 5 heteroatoms. The van der Waals surface area contributed by atoms with Crippen LogP contribution in [0.2, 0.25) is 0 Å². The first-order valence-electron chi connectivity index (χ1n) is 2.61. The predicted octanol–water partition coefficient (Wildman–Crippen LogP) is 0.428. The van der Waals surface area contributed by atoms with Crippen LogP contribution in [-0.4, -0.2) is 42.0 Å². The summed E-state index contributed by atoms with van der Waals surface area (Å²) in [6.45, 7) is 3.56.